The van der Waals surface area contributed by atoms with Crippen LogP contribution in [0, 0.1) is 0 Å². The SMILES string of the molecule is CCCCCCCCOC(=O)CC(CBr)OC(=O)CCCC. The Labute approximate surface area is 143 Å². The first-order valence-corrected chi connectivity index (χ1v) is 9.67. The van der Waals surface area contributed by atoms with Gasteiger partial charge in [0.1, 0.15) is 6.10 Å². The molecule has 22 heavy (non-hydrogen) atoms. The minimum atomic E-state index is -0.429. The van der Waals surface area contributed by atoms with E-state index >= 15 is 0 Å². The monoisotopic (exact) mass is 378 g/mol. The first kappa shape index (κ1) is 21.4. The van der Waals surface area contributed by atoms with Gasteiger partial charge in [-0.1, -0.05) is 68.3 Å². The van der Waals surface area contributed by atoms with Crippen molar-refractivity contribution in [3.63, 3.8) is 0 Å². The number of hydrogen-bond acceptors (Lipinski definition) is 4. The summed E-state index contributed by atoms with van der Waals surface area (Å²) in [6.07, 6.45) is 8.84. The van der Waals surface area contributed by atoms with Crippen molar-refractivity contribution in [3.8, 4) is 0 Å². The van der Waals surface area contributed by atoms with Crippen LogP contribution in [0.4, 0.5) is 0 Å². The number of halogens is 1. The van der Waals surface area contributed by atoms with Crippen LogP contribution in [0.2, 0.25) is 0 Å². The third-order valence-electron chi connectivity index (χ3n) is 3.36. The van der Waals surface area contributed by atoms with Crippen LogP contribution < -0.4 is 0 Å². The highest BCUT2D eigenvalue weighted by Crippen LogP contribution is 2.09. The molecular weight excluding hydrogens is 348 g/mol. The lowest BCUT2D eigenvalue weighted by Gasteiger charge is -2.15. The van der Waals surface area contributed by atoms with E-state index in [1.54, 1.807) is 0 Å². The summed E-state index contributed by atoms with van der Waals surface area (Å²) in [6.45, 7) is 4.68. The molecule has 4 nitrogen and oxygen atoms in total. The van der Waals surface area contributed by atoms with E-state index in [-0.39, 0.29) is 18.4 Å². The molecule has 0 N–H and O–H groups in total. The van der Waals surface area contributed by atoms with E-state index in [1.165, 1.54) is 25.7 Å². The number of ether oxygens (including phenoxy) is 2. The second kappa shape index (κ2) is 15.3. The molecule has 0 amide bonds. The van der Waals surface area contributed by atoms with Crippen LogP contribution in [0.15, 0.2) is 0 Å². The van der Waals surface area contributed by atoms with E-state index in [4.69, 9.17) is 9.47 Å². The standard InChI is InChI=1S/C17H31BrO4/c1-3-5-7-8-9-10-12-21-17(20)13-15(14-18)22-16(19)11-6-4-2/h15H,3-14H2,1-2H3. The van der Waals surface area contributed by atoms with Gasteiger partial charge in [-0.05, 0) is 12.8 Å². The van der Waals surface area contributed by atoms with E-state index < -0.39 is 6.10 Å². The Morgan fingerprint density at radius 2 is 1.55 bits per heavy atom. The van der Waals surface area contributed by atoms with Gasteiger partial charge in [-0.25, -0.2) is 0 Å². The number of carbonyl (C=O) groups excluding carboxylic acids is 2. The van der Waals surface area contributed by atoms with Gasteiger partial charge in [0.25, 0.3) is 0 Å². The topological polar surface area (TPSA) is 52.6 Å². The third-order valence-corrected chi connectivity index (χ3v) is 4.08. The van der Waals surface area contributed by atoms with Crippen molar-refractivity contribution in [2.75, 3.05) is 11.9 Å². The zero-order chi connectivity index (χ0) is 16.6. The van der Waals surface area contributed by atoms with Crippen molar-refractivity contribution in [1.82, 2.24) is 0 Å². The Morgan fingerprint density at radius 1 is 0.909 bits per heavy atom. The molecule has 0 aromatic rings. The number of rotatable bonds is 14. The molecule has 0 bridgehead atoms. The van der Waals surface area contributed by atoms with E-state index in [9.17, 15) is 9.59 Å². The molecule has 0 aliphatic heterocycles. The largest absolute Gasteiger partial charge is 0.466 e. The Bertz CT molecular complexity index is 294. The van der Waals surface area contributed by atoms with Gasteiger partial charge < -0.3 is 9.47 Å². The molecule has 5 heteroatoms. The fraction of sp³-hybridized carbons (Fsp3) is 0.882. The van der Waals surface area contributed by atoms with Gasteiger partial charge in [-0.3, -0.25) is 9.59 Å². The average molecular weight is 379 g/mol. The summed E-state index contributed by atoms with van der Waals surface area (Å²) < 4.78 is 10.5. The molecule has 0 radical (unpaired) electrons. The van der Waals surface area contributed by atoms with E-state index in [2.05, 4.69) is 22.9 Å². The smallest absolute Gasteiger partial charge is 0.309 e. The van der Waals surface area contributed by atoms with Crippen molar-refractivity contribution in [1.29, 1.82) is 0 Å². The molecule has 0 aromatic carbocycles. The van der Waals surface area contributed by atoms with Crippen molar-refractivity contribution < 1.29 is 19.1 Å². The molecule has 0 aromatic heterocycles. The molecule has 0 heterocycles. The van der Waals surface area contributed by atoms with Gasteiger partial charge in [0.15, 0.2) is 0 Å². The summed E-state index contributed by atoms with van der Waals surface area (Å²) in [5.41, 5.74) is 0. The van der Waals surface area contributed by atoms with E-state index in [0.717, 1.165) is 25.7 Å². The second-order valence-electron chi connectivity index (χ2n) is 5.56. The fourth-order valence-electron chi connectivity index (χ4n) is 2.01. The quantitative estimate of drug-likeness (QED) is 0.248. The van der Waals surface area contributed by atoms with E-state index in [0.29, 0.717) is 18.4 Å². The summed E-state index contributed by atoms with van der Waals surface area (Å²) >= 11 is 3.27. The van der Waals surface area contributed by atoms with Gasteiger partial charge in [-0.2, -0.15) is 0 Å². The van der Waals surface area contributed by atoms with Crippen molar-refractivity contribution in [3.05, 3.63) is 0 Å². The number of esters is 2. The minimum absolute atomic E-state index is 0.124. The summed E-state index contributed by atoms with van der Waals surface area (Å²) in [4.78, 5) is 23.3. The molecule has 0 saturated heterocycles. The molecule has 0 aliphatic rings. The lowest BCUT2D eigenvalue weighted by molar-refractivity contribution is -0.154. The molecule has 0 spiro atoms. The summed E-state index contributed by atoms with van der Waals surface area (Å²) in [6, 6.07) is 0. The van der Waals surface area contributed by atoms with Crippen LogP contribution in [0.1, 0.15) is 78.1 Å². The van der Waals surface area contributed by atoms with Crippen LogP contribution in [0.25, 0.3) is 0 Å². The van der Waals surface area contributed by atoms with Gasteiger partial charge >= 0.3 is 11.9 Å². The van der Waals surface area contributed by atoms with Gasteiger partial charge in [-0.15, -0.1) is 0 Å². The maximum Gasteiger partial charge on any atom is 0.309 e. The van der Waals surface area contributed by atoms with Crippen LogP contribution in [0.3, 0.4) is 0 Å². The maximum absolute atomic E-state index is 11.7. The van der Waals surface area contributed by atoms with Gasteiger partial charge in [0.2, 0.25) is 0 Å². The first-order chi connectivity index (χ1) is 10.6. The second-order valence-corrected chi connectivity index (χ2v) is 6.21. The Morgan fingerprint density at radius 3 is 2.18 bits per heavy atom. The maximum atomic E-state index is 11.7. The third kappa shape index (κ3) is 13.1. The van der Waals surface area contributed by atoms with Crippen LogP contribution in [-0.4, -0.2) is 30.0 Å². The van der Waals surface area contributed by atoms with Crippen LogP contribution in [0.5, 0.6) is 0 Å². The fourth-order valence-corrected chi connectivity index (χ4v) is 2.37. The molecule has 130 valence electrons. The molecule has 0 saturated carbocycles. The Hall–Kier alpha value is -0.580. The van der Waals surface area contributed by atoms with Crippen LogP contribution in [-0.2, 0) is 19.1 Å². The number of hydrogen-bond donors (Lipinski definition) is 0. The number of alkyl halides is 1. The molecular formula is C17H31BrO4. The highest BCUT2D eigenvalue weighted by molar-refractivity contribution is 9.09. The normalized spacial score (nSPS) is 12.0. The zero-order valence-electron chi connectivity index (χ0n) is 14.1. The Kier molecular flexibility index (Phi) is 14.9. The van der Waals surface area contributed by atoms with Crippen molar-refractivity contribution in [2.45, 2.75) is 84.2 Å². The first-order valence-electron chi connectivity index (χ1n) is 8.55. The predicted octanol–water partition coefficient (Wildman–Crippen LogP) is 4.78. The lowest BCUT2D eigenvalue weighted by atomic mass is 10.1. The highest BCUT2D eigenvalue weighted by atomic mass is 79.9. The molecule has 0 rings (SSSR count). The van der Waals surface area contributed by atoms with E-state index in [1.807, 2.05) is 6.92 Å². The summed E-state index contributed by atoms with van der Waals surface area (Å²) in [7, 11) is 0. The van der Waals surface area contributed by atoms with Crippen molar-refractivity contribution >= 4 is 27.9 Å². The van der Waals surface area contributed by atoms with Gasteiger partial charge in [0, 0.05) is 11.8 Å². The molecule has 1 atom stereocenters. The summed E-state index contributed by atoms with van der Waals surface area (Å²) in [5.74, 6) is -0.531. The lowest BCUT2D eigenvalue weighted by Crippen LogP contribution is -2.24. The van der Waals surface area contributed by atoms with Gasteiger partial charge in [0.05, 0.1) is 13.0 Å². The molecule has 1 unspecified atom stereocenters. The summed E-state index contributed by atoms with van der Waals surface area (Å²) in [5, 5.41) is 0.455. The van der Waals surface area contributed by atoms with Crippen molar-refractivity contribution in [2.24, 2.45) is 0 Å². The Balaban J connectivity index is 3.71. The number of carbonyl (C=O) groups is 2. The molecule has 0 aliphatic carbocycles. The molecule has 0 fully saturated rings. The minimum Gasteiger partial charge on any atom is -0.466 e. The van der Waals surface area contributed by atoms with Crippen LogP contribution >= 0.6 is 15.9 Å². The average Bonchev–Trinajstić information content (AvgIpc) is 2.51. The highest BCUT2D eigenvalue weighted by Gasteiger charge is 2.18. The zero-order valence-corrected chi connectivity index (χ0v) is 15.7. The predicted molar refractivity (Wildman–Crippen MR) is 92.2 cm³/mol. The number of unbranched alkanes of at least 4 members (excludes halogenated alkanes) is 6.